The van der Waals surface area contributed by atoms with Gasteiger partial charge < -0.3 is 10.1 Å². The Kier molecular flexibility index (Phi) is 4.50. The standard InChI is InChI=1S/C26H27N3O2/c1-16-22-23(17-10-12-19(31-4)13-11-17)24-20(14-26(2,3)15-21(24)30)27-25(22)29(28-16)18-8-6-5-7-9-18/h5-13,23,27H,14-15H2,1-4H3. The first kappa shape index (κ1) is 19.6. The van der Waals surface area contributed by atoms with E-state index in [4.69, 9.17) is 9.84 Å². The summed E-state index contributed by atoms with van der Waals surface area (Å²) in [7, 11) is 1.67. The Balaban J connectivity index is 1.74. The number of carbonyl (C=O) groups is 1. The SMILES string of the molecule is COc1ccc(C2C3=C(CC(C)(C)CC3=O)Nc3c2c(C)nn3-c2ccccc2)cc1. The molecular weight excluding hydrogens is 386 g/mol. The molecule has 5 rings (SSSR count). The molecule has 1 atom stereocenters. The number of aryl methyl sites for hydroxylation is 1. The number of anilines is 1. The number of ketones is 1. The van der Waals surface area contributed by atoms with E-state index >= 15 is 0 Å². The lowest BCUT2D eigenvalue weighted by Gasteiger charge is -2.38. The minimum absolute atomic E-state index is 0.0719. The number of allylic oxidation sites excluding steroid dienone is 2. The van der Waals surface area contributed by atoms with Crippen molar-refractivity contribution in [2.75, 3.05) is 12.4 Å². The maximum Gasteiger partial charge on any atom is 0.162 e. The normalized spacial score (nSPS) is 19.5. The third kappa shape index (κ3) is 3.25. The number of Topliss-reactive ketones (excluding diaryl/α,β-unsaturated/α-hetero) is 1. The van der Waals surface area contributed by atoms with Gasteiger partial charge in [0.1, 0.15) is 11.6 Å². The van der Waals surface area contributed by atoms with Crippen molar-refractivity contribution in [3.63, 3.8) is 0 Å². The number of carbonyl (C=O) groups excluding carboxylic acids is 1. The monoisotopic (exact) mass is 413 g/mol. The third-order valence-corrected chi connectivity index (χ3v) is 6.32. The van der Waals surface area contributed by atoms with Crippen LogP contribution in [0.2, 0.25) is 0 Å². The van der Waals surface area contributed by atoms with E-state index in [1.54, 1.807) is 7.11 Å². The van der Waals surface area contributed by atoms with Crippen LogP contribution < -0.4 is 10.1 Å². The van der Waals surface area contributed by atoms with Gasteiger partial charge in [-0.15, -0.1) is 0 Å². The van der Waals surface area contributed by atoms with Crippen molar-refractivity contribution in [2.24, 2.45) is 5.41 Å². The molecule has 0 saturated heterocycles. The van der Waals surface area contributed by atoms with E-state index in [-0.39, 0.29) is 17.1 Å². The largest absolute Gasteiger partial charge is 0.497 e. The zero-order valence-electron chi connectivity index (χ0n) is 18.4. The highest BCUT2D eigenvalue weighted by molar-refractivity contribution is 6.01. The zero-order chi connectivity index (χ0) is 21.8. The van der Waals surface area contributed by atoms with Crippen molar-refractivity contribution >= 4 is 11.6 Å². The van der Waals surface area contributed by atoms with Gasteiger partial charge in [-0.25, -0.2) is 4.68 Å². The summed E-state index contributed by atoms with van der Waals surface area (Å²) in [6.45, 7) is 6.35. The lowest BCUT2D eigenvalue weighted by Crippen LogP contribution is -2.34. The van der Waals surface area contributed by atoms with Gasteiger partial charge in [0.05, 0.1) is 18.5 Å². The second kappa shape index (κ2) is 7.12. The van der Waals surface area contributed by atoms with Crippen molar-refractivity contribution < 1.29 is 9.53 Å². The smallest absolute Gasteiger partial charge is 0.162 e. The fraction of sp³-hybridized carbons (Fsp3) is 0.308. The molecule has 5 heteroatoms. The summed E-state index contributed by atoms with van der Waals surface area (Å²) < 4.78 is 7.33. The van der Waals surface area contributed by atoms with Gasteiger partial charge >= 0.3 is 0 Å². The van der Waals surface area contributed by atoms with Gasteiger partial charge in [0.15, 0.2) is 5.78 Å². The fourth-order valence-corrected chi connectivity index (χ4v) is 4.96. The molecule has 1 unspecified atom stereocenters. The van der Waals surface area contributed by atoms with Gasteiger partial charge in [-0.3, -0.25) is 4.79 Å². The Labute approximate surface area is 182 Å². The molecule has 0 fully saturated rings. The number of rotatable bonds is 3. The molecule has 0 radical (unpaired) electrons. The molecule has 0 bridgehead atoms. The molecule has 1 aliphatic carbocycles. The Morgan fingerprint density at radius 3 is 2.45 bits per heavy atom. The van der Waals surface area contributed by atoms with Crippen LogP contribution >= 0.6 is 0 Å². The van der Waals surface area contributed by atoms with Gasteiger partial charge in [-0.05, 0) is 48.6 Å². The molecule has 158 valence electrons. The highest BCUT2D eigenvalue weighted by Gasteiger charge is 2.42. The summed E-state index contributed by atoms with van der Waals surface area (Å²) in [5.41, 5.74) is 5.91. The molecule has 0 spiro atoms. The number of fused-ring (bicyclic) bond motifs is 1. The summed E-state index contributed by atoms with van der Waals surface area (Å²) in [6.07, 6.45) is 1.39. The van der Waals surface area contributed by atoms with E-state index in [1.807, 2.05) is 41.9 Å². The highest BCUT2D eigenvalue weighted by atomic mass is 16.5. The van der Waals surface area contributed by atoms with Crippen molar-refractivity contribution in [3.8, 4) is 11.4 Å². The second-order valence-electron chi connectivity index (χ2n) is 9.26. The first-order chi connectivity index (χ1) is 14.9. The van der Waals surface area contributed by atoms with Crippen LogP contribution in [0.25, 0.3) is 5.69 Å². The topological polar surface area (TPSA) is 56.1 Å². The number of hydrogen-bond donors (Lipinski definition) is 1. The maximum absolute atomic E-state index is 13.4. The molecular formula is C26H27N3O2. The number of aromatic nitrogens is 2. The molecule has 5 nitrogen and oxygen atoms in total. The average molecular weight is 414 g/mol. The number of benzene rings is 2. The molecule has 1 aromatic heterocycles. The predicted octanol–water partition coefficient (Wildman–Crippen LogP) is 5.39. The Hall–Kier alpha value is -3.34. The number of methoxy groups -OCH3 is 1. The molecule has 31 heavy (non-hydrogen) atoms. The van der Waals surface area contributed by atoms with Gasteiger partial charge in [0, 0.05) is 29.2 Å². The Morgan fingerprint density at radius 2 is 1.77 bits per heavy atom. The van der Waals surface area contributed by atoms with E-state index in [0.29, 0.717) is 6.42 Å². The molecule has 2 aliphatic rings. The van der Waals surface area contributed by atoms with Gasteiger partial charge in [-0.2, -0.15) is 5.10 Å². The van der Waals surface area contributed by atoms with Gasteiger partial charge in [0.25, 0.3) is 0 Å². The van der Waals surface area contributed by atoms with Crippen LogP contribution in [0, 0.1) is 12.3 Å². The Bertz CT molecular complexity index is 1190. The van der Waals surface area contributed by atoms with Crippen LogP contribution in [-0.4, -0.2) is 22.7 Å². The molecule has 2 heterocycles. The quantitative estimate of drug-likeness (QED) is 0.625. The van der Waals surface area contributed by atoms with E-state index in [2.05, 4.69) is 43.4 Å². The van der Waals surface area contributed by atoms with Crippen molar-refractivity contribution in [2.45, 2.75) is 39.5 Å². The summed E-state index contributed by atoms with van der Waals surface area (Å²) >= 11 is 0. The summed E-state index contributed by atoms with van der Waals surface area (Å²) in [6, 6.07) is 18.2. The molecule has 3 aromatic rings. The first-order valence-corrected chi connectivity index (χ1v) is 10.7. The van der Waals surface area contributed by atoms with Gasteiger partial charge in [-0.1, -0.05) is 44.2 Å². The molecule has 2 aromatic carbocycles. The second-order valence-corrected chi connectivity index (χ2v) is 9.26. The fourth-order valence-electron chi connectivity index (χ4n) is 4.96. The lowest BCUT2D eigenvalue weighted by atomic mass is 9.69. The molecule has 1 N–H and O–H groups in total. The van der Waals surface area contributed by atoms with E-state index < -0.39 is 0 Å². The molecule has 1 aliphatic heterocycles. The minimum atomic E-state index is -0.141. The summed E-state index contributed by atoms with van der Waals surface area (Å²) in [5, 5.41) is 8.51. The first-order valence-electron chi connectivity index (χ1n) is 10.7. The predicted molar refractivity (Wildman–Crippen MR) is 122 cm³/mol. The molecule has 0 amide bonds. The van der Waals surface area contributed by atoms with E-state index in [1.165, 1.54) is 0 Å². The average Bonchev–Trinajstić information content (AvgIpc) is 3.08. The summed E-state index contributed by atoms with van der Waals surface area (Å²) in [4.78, 5) is 13.4. The number of ether oxygens (including phenoxy) is 1. The zero-order valence-corrected chi connectivity index (χ0v) is 18.4. The van der Waals surface area contributed by atoms with Crippen LogP contribution in [0.1, 0.15) is 49.4 Å². The number of nitrogens with zero attached hydrogens (tertiary/aromatic N) is 2. The van der Waals surface area contributed by atoms with E-state index in [9.17, 15) is 4.79 Å². The van der Waals surface area contributed by atoms with Crippen LogP contribution in [0.3, 0.4) is 0 Å². The van der Waals surface area contributed by atoms with Crippen LogP contribution in [0.15, 0.2) is 65.9 Å². The van der Waals surface area contributed by atoms with Crippen LogP contribution in [-0.2, 0) is 4.79 Å². The number of para-hydroxylation sites is 1. The van der Waals surface area contributed by atoms with Crippen molar-refractivity contribution in [3.05, 3.63) is 82.7 Å². The highest BCUT2D eigenvalue weighted by Crippen LogP contribution is 2.50. The van der Waals surface area contributed by atoms with Crippen molar-refractivity contribution in [1.82, 2.24) is 9.78 Å². The maximum atomic E-state index is 13.4. The summed E-state index contributed by atoms with van der Waals surface area (Å²) in [5.74, 6) is 1.84. The lowest BCUT2D eigenvalue weighted by molar-refractivity contribution is -0.118. The van der Waals surface area contributed by atoms with Gasteiger partial charge in [0.2, 0.25) is 0 Å². The molecule has 0 saturated carbocycles. The van der Waals surface area contributed by atoms with E-state index in [0.717, 1.165) is 51.8 Å². The Morgan fingerprint density at radius 1 is 1.06 bits per heavy atom. The number of nitrogens with one attached hydrogen (secondary N) is 1. The van der Waals surface area contributed by atoms with Crippen LogP contribution in [0.4, 0.5) is 5.82 Å². The van der Waals surface area contributed by atoms with Crippen LogP contribution in [0.5, 0.6) is 5.75 Å². The third-order valence-electron chi connectivity index (χ3n) is 6.32. The number of hydrogen-bond acceptors (Lipinski definition) is 4. The van der Waals surface area contributed by atoms with Crippen molar-refractivity contribution in [1.29, 1.82) is 0 Å². The minimum Gasteiger partial charge on any atom is -0.497 e.